The topological polar surface area (TPSA) is 29.1 Å². The number of hydrogen-bond donors (Lipinski definition) is 1. The van der Waals surface area contributed by atoms with E-state index in [0.717, 1.165) is 23.1 Å². The highest BCUT2D eigenvalue weighted by Gasteiger charge is 2.16. The SMILES string of the molecule is CCCCCCCNC(=O)c1sc2cc(C)ccc2c1Cl. The number of carbonyl (C=O) groups excluding carboxylic acids is 1. The van der Waals surface area contributed by atoms with Gasteiger partial charge in [-0.2, -0.15) is 0 Å². The molecule has 21 heavy (non-hydrogen) atoms. The second kappa shape index (κ2) is 7.81. The van der Waals surface area contributed by atoms with Crippen molar-refractivity contribution in [1.29, 1.82) is 0 Å². The third kappa shape index (κ3) is 4.21. The van der Waals surface area contributed by atoms with Crippen molar-refractivity contribution in [1.82, 2.24) is 5.32 Å². The molecule has 0 fully saturated rings. The molecular formula is C17H22ClNOS. The lowest BCUT2D eigenvalue weighted by Gasteiger charge is -2.03. The van der Waals surface area contributed by atoms with Gasteiger partial charge in [0.25, 0.3) is 5.91 Å². The molecule has 0 saturated heterocycles. The Kier molecular flexibility index (Phi) is 6.07. The zero-order valence-corrected chi connectivity index (χ0v) is 14.2. The molecule has 0 aliphatic rings. The lowest BCUT2D eigenvalue weighted by Crippen LogP contribution is -2.23. The van der Waals surface area contributed by atoms with Gasteiger partial charge in [0.1, 0.15) is 4.88 Å². The van der Waals surface area contributed by atoms with Crippen LogP contribution in [-0.4, -0.2) is 12.5 Å². The van der Waals surface area contributed by atoms with Crippen molar-refractivity contribution in [3.8, 4) is 0 Å². The second-order valence-corrected chi connectivity index (χ2v) is 6.85. The number of hydrogen-bond acceptors (Lipinski definition) is 2. The molecule has 4 heteroatoms. The number of rotatable bonds is 7. The van der Waals surface area contributed by atoms with Crippen LogP contribution in [0, 0.1) is 6.92 Å². The largest absolute Gasteiger partial charge is 0.351 e. The van der Waals surface area contributed by atoms with Crippen LogP contribution in [0.1, 0.15) is 54.3 Å². The highest BCUT2D eigenvalue weighted by atomic mass is 35.5. The maximum Gasteiger partial charge on any atom is 0.262 e. The van der Waals surface area contributed by atoms with Crippen molar-refractivity contribution in [2.45, 2.75) is 46.0 Å². The molecule has 0 saturated carbocycles. The number of unbranched alkanes of at least 4 members (excludes halogenated alkanes) is 4. The number of aryl methyl sites for hydroxylation is 1. The fourth-order valence-electron chi connectivity index (χ4n) is 2.33. The minimum atomic E-state index is -0.0469. The zero-order chi connectivity index (χ0) is 15.2. The molecule has 1 amide bonds. The van der Waals surface area contributed by atoms with E-state index in [-0.39, 0.29) is 5.91 Å². The third-order valence-corrected chi connectivity index (χ3v) is 5.21. The summed E-state index contributed by atoms with van der Waals surface area (Å²) in [6.45, 7) is 4.97. The summed E-state index contributed by atoms with van der Waals surface area (Å²) in [6, 6.07) is 6.09. The van der Waals surface area contributed by atoms with Gasteiger partial charge in [-0.05, 0) is 25.0 Å². The Morgan fingerprint density at radius 2 is 2.00 bits per heavy atom. The molecule has 2 aromatic rings. The maximum absolute atomic E-state index is 12.2. The molecule has 2 rings (SSSR count). The zero-order valence-electron chi connectivity index (χ0n) is 12.7. The van der Waals surface area contributed by atoms with E-state index in [9.17, 15) is 4.79 Å². The van der Waals surface area contributed by atoms with Gasteiger partial charge in [-0.3, -0.25) is 4.79 Å². The number of halogens is 1. The molecule has 0 aliphatic heterocycles. The maximum atomic E-state index is 12.2. The molecule has 2 nitrogen and oxygen atoms in total. The first-order chi connectivity index (χ1) is 10.1. The van der Waals surface area contributed by atoms with Crippen LogP contribution < -0.4 is 5.32 Å². The minimum absolute atomic E-state index is 0.0469. The summed E-state index contributed by atoms with van der Waals surface area (Å²) in [5.74, 6) is -0.0469. The van der Waals surface area contributed by atoms with Crippen LogP contribution in [0.15, 0.2) is 18.2 Å². The summed E-state index contributed by atoms with van der Waals surface area (Å²) in [6.07, 6.45) is 5.97. The minimum Gasteiger partial charge on any atom is -0.351 e. The molecule has 0 atom stereocenters. The van der Waals surface area contributed by atoms with Crippen molar-refractivity contribution < 1.29 is 4.79 Å². The highest BCUT2D eigenvalue weighted by Crippen LogP contribution is 2.35. The Hall–Kier alpha value is -1.06. The third-order valence-electron chi connectivity index (χ3n) is 3.56. The number of amides is 1. The fourth-order valence-corrected chi connectivity index (χ4v) is 3.86. The summed E-state index contributed by atoms with van der Waals surface area (Å²) in [5, 5.41) is 4.53. The van der Waals surface area contributed by atoms with Gasteiger partial charge in [0.15, 0.2) is 0 Å². The number of fused-ring (bicyclic) bond motifs is 1. The predicted octanol–water partition coefficient (Wildman–Crippen LogP) is 5.56. The van der Waals surface area contributed by atoms with Crippen LogP contribution in [0.3, 0.4) is 0 Å². The lowest BCUT2D eigenvalue weighted by molar-refractivity contribution is 0.0957. The van der Waals surface area contributed by atoms with E-state index in [2.05, 4.69) is 18.3 Å². The van der Waals surface area contributed by atoms with E-state index in [1.54, 1.807) is 0 Å². The van der Waals surface area contributed by atoms with Gasteiger partial charge >= 0.3 is 0 Å². The van der Waals surface area contributed by atoms with E-state index in [1.807, 2.05) is 19.1 Å². The van der Waals surface area contributed by atoms with Crippen molar-refractivity contribution in [3.63, 3.8) is 0 Å². The average molecular weight is 324 g/mol. The van der Waals surface area contributed by atoms with Crippen LogP contribution in [0.5, 0.6) is 0 Å². The highest BCUT2D eigenvalue weighted by molar-refractivity contribution is 7.21. The van der Waals surface area contributed by atoms with E-state index < -0.39 is 0 Å². The smallest absolute Gasteiger partial charge is 0.262 e. The van der Waals surface area contributed by atoms with E-state index >= 15 is 0 Å². The van der Waals surface area contributed by atoms with Gasteiger partial charge < -0.3 is 5.32 Å². The average Bonchev–Trinajstić information content (AvgIpc) is 2.79. The molecule has 0 bridgehead atoms. The summed E-state index contributed by atoms with van der Waals surface area (Å²) in [5.41, 5.74) is 1.18. The summed E-state index contributed by atoms with van der Waals surface area (Å²) in [7, 11) is 0. The molecule has 1 heterocycles. The van der Waals surface area contributed by atoms with Crippen molar-refractivity contribution >= 4 is 38.9 Å². The lowest BCUT2D eigenvalue weighted by atomic mass is 10.1. The Morgan fingerprint density at radius 3 is 2.76 bits per heavy atom. The normalized spacial score (nSPS) is 11.0. The molecular weight excluding hydrogens is 302 g/mol. The summed E-state index contributed by atoms with van der Waals surface area (Å²) in [4.78, 5) is 12.9. The van der Waals surface area contributed by atoms with Crippen molar-refractivity contribution in [2.24, 2.45) is 0 Å². The molecule has 1 N–H and O–H groups in total. The first-order valence-electron chi connectivity index (χ1n) is 7.60. The Morgan fingerprint density at radius 1 is 1.24 bits per heavy atom. The number of benzene rings is 1. The molecule has 0 unspecified atom stereocenters. The van der Waals surface area contributed by atoms with Gasteiger partial charge in [-0.15, -0.1) is 11.3 Å². The summed E-state index contributed by atoms with van der Waals surface area (Å²) >= 11 is 7.81. The van der Waals surface area contributed by atoms with Gasteiger partial charge in [-0.25, -0.2) is 0 Å². The Balaban J connectivity index is 1.95. The van der Waals surface area contributed by atoms with E-state index in [4.69, 9.17) is 11.6 Å². The van der Waals surface area contributed by atoms with Crippen molar-refractivity contribution in [2.75, 3.05) is 6.54 Å². The Labute approximate surface area is 135 Å². The monoisotopic (exact) mass is 323 g/mol. The second-order valence-electron chi connectivity index (χ2n) is 5.41. The van der Waals surface area contributed by atoms with Crippen LogP contribution in [0.2, 0.25) is 5.02 Å². The van der Waals surface area contributed by atoms with E-state index in [1.165, 1.54) is 42.6 Å². The van der Waals surface area contributed by atoms with Gasteiger partial charge in [0.2, 0.25) is 0 Å². The fraction of sp³-hybridized carbons (Fsp3) is 0.471. The predicted molar refractivity (Wildman–Crippen MR) is 92.7 cm³/mol. The van der Waals surface area contributed by atoms with Crippen LogP contribution >= 0.6 is 22.9 Å². The van der Waals surface area contributed by atoms with E-state index in [0.29, 0.717) is 9.90 Å². The molecule has 0 radical (unpaired) electrons. The van der Waals surface area contributed by atoms with Crippen LogP contribution in [0.25, 0.3) is 10.1 Å². The molecule has 1 aromatic carbocycles. The quantitative estimate of drug-likeness (QED) is 0.664. The first-order valence-corrected chi connectivity index (χ1v) is 8.79. The number of carbonyl (C=O) groups is 1. The molecule has 114 valence electrons. The number of thiophene rings is 1. The molecule has 0 spiro atoms. The van der Waals surface area contributed by atoms with Crippen LogP contribution in [-0.2, 0) is 0 Å². The standard InChI is InChI=1S/C17H22ClNOS/c1-3-4-5-6-7-10-19-17(20)16-15(18)13-9-8-12(2)11-14(13)21-16/h8-9,11H,3-7,10H2,1-2H3,(H,19,20). The first kappa shape index (κ1) is 16.3. The van der Waals surface area contributed by atoms with Gasteiger partial charge in [0, 0.05) is 16.6 Å². The molecule has 1 aromatic heterocycles. The van der Waals surface area contributed by atoms with Gasteiger partial charge in [0.05, 0.1) is 5.02 Å². The number of nitrogens with one attached hydrogen (secondary N) is 1. The molecule has 0 aliphatic carbocycles. The summed E-state index contributed by atoms with van der Waals surface area (Å²) < 4.78 is 1.08. The van der Waals surface area contributed by atoms with Crippen molar-refractivity contribution in [3.05, 3.63) is 33.7 Å². The van der Waals surface area contributed by atoms with Gasteiger partial charge in [-0.1, -0.05) is 56.3 Å². The van der Waals surface area contributed by atoms with Crippen LogP contribution in [0.4, 0.5) is 0 Å². The Bertz CT molecular complexity index is 621.